The van der Waals surface area contributed by atoms with Crippen molar-refractivity contribution in [1.82, 2.24) is 10.2 Å². The number of aromatic amines is 1. The lowest BCUT2D eigenvalue weighted by atomic mass is 9.82. The number of allylic oxidation sites excluding steroid dienone is 1. The first-order valence-electron chi connectivity index (χ1n) is 9.46. The van der Waals surface area contributed by atoms with Gasteiger partial charge in [-0.05, 0) is 16.3 Å². The minimum Gasteiger partial charge on any atom is -0.420 e. The van der Waals surface area contributed by atoms with E-state index in [-0.39, 0.29) is 23.0 Å². The van der Waals surface area contributed by atoms with Crippen LogP contribution >= 0.6 is 0 Å². The zero-order valence-electron chi connectivity index (χ0n) is 16.1. The van der Waals surface area contributed by atoms with Gasteiger partial charge in [-0.3, -0.25) is 15.2 Å². The van der Waals surface area contributed by atoms with Crippen LogP contribution in [0.5, 0.6) is 5.88 Å². The number of ether oxygens (including phenoxy) is 1. The average molecular weight is 409 g/mol. The van der Waals surface area contributed by atoms with Crippen LogP contribution in [0.15, 0.2) is 78.2 Å². The first kappa shape index (κ1) is 18.4. The summed E-state index contributed by atoms with van der Waals surface area (Å²) in [7, 11) is 0. The number of nitriles is 1. The number of nitro benzene ring substituents is 1. The lowest BCUT2D eigenvalue weighted by molar-refractivity contribution is -0.384. The van der Waals surface area contributed by atoms with Crippen molar-refractivity contribution in [2.24, 2.45) is 5.73 Å². The first-order chi connectivity index (χ1) is 15.1. The van der Waals surface area contributed by atoms with E-state index in [0.717, 1.165) is 16.3 Å². The SMILES string of the molecule is N#CC1=C(N)Oc2n[nH]c(-c3cccc([N+](=O)[O-])c3)c2C1c1ccc2ccccc2c1. The third kappa shape index (κ3) is 2.96. The Bertz CT molecular complexity index is 1430. The molecule has 0 amide bonds. The summed E-state index contributed by atoms with van der Waals surface area (Å²) in [5, 5.41) is 30.3. The number of non-ortho nitro benzene ring substituents is 1. The Morgan fingerprint density at radius 3 is 2.68 bits per heavy atom. The van der Waals surface area contributed by atoms with Crippen molar-refractivity contribution in [3.05, 3.63) is 99.4 Å². The second-order valence-corrected chi connectivity index (χ2v) is 7.16. The summed E-state index contributed by atoms with van der Waals surface area (Å²) < 4.78 is 5.61. The van der Waals surface area contributed by atoms with E-state index < -0.39 is 10.8 Å². The van der Waals surface area contributed by atoms with Crippen LogP contribution in [-0.2, 0) is 0 Å². The molecule has 1 aliphatic heterocycles. The fourth-order valence-corrected chi connectivity index (χ4v) is 3.96. The zero-order chi connectivity index (χ0) is 21.5. The van der Waals surface area contributed by atoms with Crippen molar-refractivity contribution in [3.63, 3.8) is 0 Å². The van der Waals surface area contributed by atoms with Crippen molar-refractivity contribution in [3.8, 4) is 23.2 Å². The molecule has 1 aromatic heterocycles. The van der Waals surface area contributed by atoms with Crippen molar-refractivity contribution in [1.29, 1.82) is 5.26 Å². The molecule has 5 rings (SSSR count). The van der Waals surface area contributed by atoms with E-state index in [1.807, 2.05) is 42.5 Å². The standard InChI is InChI=1S/C23H15N5O3/c24-12-18-19(15-9-8-13-4-1-2-5-14(13)10-15)20-21(26-27-23(20)31-22(18)25)16-6-3-7-17(11-16)28(29)30/h1-11,19H,25H2,(H,26,27). The number of benzene rings is 3. The molecule has 150 valence electrons. The highest BCUT2D eigenvalue weighted by molar-refractivity contribution is 5.84. The summed E-state index contributed by atoms with van der Waals surface area (Å²) in [5.74, 6) is -0.298. The van der Waals surface area contributed by atoms with E-state index in [1.165, 1.54) is 12.1 Å². The summed E-state index contributed by atoms with van der Waals surface area (Å²) in [6.45, 7) is 0. The van der Waals surface area contributed by atoms with Crippen LogP contribution in [0, 0.1) is 21.4 Å². The monoisotopic (exact) mass is 409 g/mol. The Morgan fingerprint density at radius 2 is 1.90 bits per heavy atom. The molecule has 8 nitrogen and oxygen atoms in total. The third-order valence-corrected chi connectivity index (χ3v) is 5.39. The highest BCUT2D eigenvalue weighted by Crippen LogP contribution is 2.46. The molecule has 0 spiro atoms. The van der Waals surface area contributed by atoms with E-state index in [4.69, 9.17) is 10.5 Å². The maximum atomic E-state index is 11.3. The topological polar surface area (TPSA) is 131 Å². The van der Waals surface area contributed by atoms with Crippen LogP contribution in [-0.4, -0.2) is 15.1 Å². The second kappa shape index (κ2) is 7.00. The van der Waals surface area contributed by atoms with Gasteiger partial charge in [0.25, 0.3) is 5.69 Å². The average Bonchev–Trinajstić information content (AvgIpc) is 3.21. The predicted molar refractivity (Wildman–Crippen MR) is 114 cm³/mol. The number of H-pyrrole nitrogens is 1. The first-order valence-corrected chi connectivity index (χ1v) is 9.46. The second-order valence-electron chi connectivity index (χ2n) is 7.16. The molecule has 0 radical (unpaired) electrons. The number of nitrogens with one attached hydrogen (secondary N) is 1. The number of nitro groups is 1. The summed E-state index contributed by atoms with van der Waals surface area (Å²) >= 11 is 0. The van der Waals surface area contributed by atoms with Crippen molar-refractivity contribution >= 4 is 16.5 Å². The van der Waals surface area contributed by atoms with Gasteiger partial charge >= 0.3 is 0 Å². The molecule has 1 aliphatic rings. The van der Waals surface area contributed by atoms with Gasteiger partial charge in [-0.2, -0.15) is 5.26 Å². The lowest BCUT2D eigenvalue weighted by Gasteiger charge is -2.24. The Morgan fingerprint density at radius 1 is 1.10 bits per heavy atom. The van der Waals surface area contributed by atoms with Crippen LogP contribution in [0.25, 0.3) is 22.0 Å². The molecule has 3 N–H and O–H groups in total. The smallest absolute Gasteiger partial charge is 0.270 e. The molecule has 4 aromatic rings. The number of rotatable bonds is 3. The fourth-order valence-electron chi connectivity index (χ4n) is 3.96. The number of hydrogen-bond acceptors (Lipinski definition) is 6. The van der Waals surface area contributed by atoms with Crippen LogP contribution in [0.1, 0.15) is 17.0 Å². The van der Waals surface area contributed by atoms with Crippen molar-refractivity contribution < 1.29 is 9.66 Å². The van der Waals surface area contributed by atoms with Crippen LogP contribution < -0.4 is 10.5 Å². The molecule has 0 saturated carbocycles. The minimum atomic E-state index is -0.536. The van der Waals surface area contributed by atoms with Gasteiger partial charge in [-0.15, -0.1) is 5.10 Å². The molecule has 8 heteroatoms. The van der Waals surface area contributed by atoms with Crippen molar-refractivity contribution in [2.75, 3.05) is 0 Å². The predicted octanol–water partition coefficient (Wildman–Crippen LogP) is 4.36. The number of hydrogen-bond donors (Lipinski definition) is 2. The molecule has 31 heavy (non-hydrogen) atoms. The van der Waals surface area contributed by atoms with Gasteiger partial charge < -0.3 is 10.5 Å². The van der Waals surface area contributed by atoms with Gasteiger partial charge in [0.15, 0.2) is 0 Å². The van der Waals surface area contributed by atoms with E-state index in [1.54, 1.807) is 12.1 Å². The summed E-state index contributed by atoms with van der Waals surface area (Å²) in [6.07, 6.45) is 0. The number of nitrogens with zero attached hydrogens (tertiary/aromatic N) is 3. The molecule has 0 fully saturated rings. The van der Waals surface area contributed by atoms with Gasteiger partial charge in [0, 0.05) is 17.7 Å². The van der Waals surface area contributed by atoms with E-state index in [2.05, 4.69) is 16.3 Å². The molecule has 0 bridgehead atoms. The number of nitrogens with two attached hydrogens (primary N) is 1. The summed E-state index contributed by atoms with van der Waals surface area (Å²) in [5.41, 5.74) is 8.82. The minimum absolute atomic E-state index is 0.00903. The Kier molecular flexibility index (Phi) is 4.15. The van der Waals surface area contributed by atoms with Gasteiger partial charge in [0.1, 0.15) is 11.6 Å². The fraction of sp³-hybridized carbons (Fsp3) is 0.0435. The zero-order valence-corrected chi connectivity index (χ0v) is 16.1. The van der Waals surface area contributed by atoms with Crippen LogP contribution in [0.2, 0.25) is 0 Å². The molecule has 1 unspecified atom stereocenters. The highest BCUT2D eigenvalue weighted by Gasteiger charge is 2.35. The van der Waals surface area contributed by atoms with E-state index in [0.29, 0.717) is 16.8 Å². The molecule has 3 aromatic carbocycles. The van der Waals surface area contributed by atoms with Gasteiger partial charge in [-0.25, -0.2) is 0 Å². The Labute approximate surface area is 176 Å². The number of fused-ring (bicyclic) bond motifs is 2. The molecular formula is C23H15N5O3. The quantitative estimate of drug-likeness (QED) is 0.382. The normalized spacial score (nSPS) is 15.3. The van der Waals surface area contributed by atoms with E-state index >= 15 is 0 Å². The van der Waals surface area contributed by atoms with Gasteiger partial charge in [0.05, 0.1) is 22.1 Å². The van der Waals surface area contributed by atoms with Crippen molar-refractivity contribution in [2.45, 2.75) is 5.92 Å². The lowest BCUT2D eigenvalue weighted by Crippen LogP contribution is -2.21. The van der Waals surface area contributed by atoms with Gasteiger partial charge in [-0.1, -0.05) is 54.6 Å². The molecule has 0 aliphatic carbocycles. The highest BCUT2D eigenvalue weighted by atomic mass is 16.6. The summed E-state index contributed by atoms with van der Waals surface area (Å²) in [4.78, 5) is 10.8. The summed E-state index contributed by atoms with van der Waals surface area (Å²) in [6, 6.07) is 22.2. The van der Waals surface area contributed by atoms with E-state index in [9.17, 15) is 15.4 Å². The Balaban J connectivity index is 1.74. The molecule has 0 saturated heterocycles. The molecule has 1 atom stereocenters. The maximum Gasteiger partial charge on any atom is 0.270 e. The van der Waals surface area contributed by atoms with Crippen LogP contribution in [0.3, 0.4) is 0 Å². The van der Waals surface area contributed by atoms with Gasteiger partial charge in [0.2, 0.25) is 11.8 Å². The molecule has 2 heterocycles. The number of aromatic nitrogens is 2. The maximum absolute atomic E-state index is 11.3. The largest absolute Gasteiger partial charge is 0.420 e. The Hall–Kier alpha value is -4.64. The molecular weight excluding hydrogens is 394 g/mol. The van der Waals surface area contributed by atoms with Crippen LogP contribution in [0.4, 0.5) is 5.69 Å². The third-order valence-electron chi connectivity index (χ3n) is 5.39.